The molecule has 1 saturated heterocycles. The second kappa shape index (κ2) is 4.24. The first-order valence-electron chi connectivity index (χ1n) is 6.42. The summed E-state index contributed by atoms with van der Waals surface area (Å²) >= 11 is 0. The van der Waals surface area contributed by atoms with Crippen molar-refractivity contribution in [1.29, 1.82) is 0 Å². The summed E-state index contributed by atoms with van der Waals surface area (Å²) in [5.41, 5.74) is 1.80. The zero-order valence-corrected chi connectivity index (χ0v) is 10.8. The minimum atomic E-state index is 0.0898. The van der Waals surface area contributed by atoms with Crippen molar-refractivity contribution in [3.05, 3.63) is 18.0 Å². The molecule has 1 fully saturated rings. The molecule has 0 aromatic carbocycles. The number of H-pyrrole nitrogens is 1. The highest BCUT2D eigenvalue weighted by Crippen LogP contribution is 2.29. The van der Waals surface area contributed by atoms with Crippen molar-refractivity contribution >= 4 is 11.2 Å². The highest BCUT2D eigenvalue weighted by molar-refractivity contribution is 5.71. The molecule has 1 atom stereocenters. The van der Waals surface area contributed by atoms with E-state index in [4.69, 9.17) is 4.74 Å². The molecule has 0 spiro atoms. The lowest BCUT2D eigenvalue weighted by Gasteiger charge is -2.18. The number of pyridine rings is 1. The first-order chi connectivity index (χ1) is 8.71. The Morgan fingerprint density at radius 1 is 1.39 bits per heavy atom. The lowest BCUT2D eigenvalue weighted by molar-refractivity contribution is 0.328. The van der Waals surface area contributed by atoms with E-state index in [1.165, 1.54) is 0 Å². The third-order valence-corrected chi connectivity index (χ3v) is 3.55. The van der Waals surface area contributed by atoms with E-state index in [2.05, 4.69) is 27.2 Å². The molecule has 3 heterocycles. The topological polar surface area (TPSA) is 62.8 Å². The average molecular weight is 246 g/mol. The molecular weight excluding hydrogens is 228 g/mol. The van der Waals surface area contributed by atoms with E-state index < -0.39 is 0 Å². The summed E-state index contributed by atoms with van der Waals surface area (Å²) < 4.78 is 5.40. The van der Waals surface area contributed by atoms with Gasteiger partial charge in [0.1, 0.15) is 5.82 Å². The van der Waals surface area contributed by atoms with E-state index >= 15 is 0 Å². The molecule has 1 unspecified atom stereocenters. The molecule has 1 aliphatic rings. The van der Waals surface area contributed by atoms with Crippen LogP contribution in [0.3, 0.4) is 0 Å². The van der Waals surface area contributed by atoms with Crippen LogP contribution in [0.5, 0.6) is 5.88 Å². The summed E-state index contributed by atoms with van der Waals surface area (Å²) in [6.45, 7) is 6.81. The Labute approximate surface area is 106 Å². The van der Waals surface area contributed by atoms with Gasteiger partial charge in [0.25, 0.3) is 0 Å². The van der Waals surface area contributed by atoms with Crippen LogP contribution in [0.4, 0.5) is 0 Å². The number of hydrogen-bond acceptors (Lipinski definition) is 4. The molecule has 2 aromatic heterocycles. The monoisotopic (exact) mass is 246 g/mol. The van der Waals surface area contributed by atoms with Crippen molar-refractivity contribution in [3.8, 4) is 5.88 Å². The average Bonchev–Trinajstić information content (AvgIpc) is 2.96. The third-order valence-electron chi connectivity index (χ3n) is 3.55. The summed E-state index contributed by atoms with van der Waals surface area (Å²) in [5.74, 6) is 1.65. The maximum atomic E-state index is 5.40. The van der Waals surface area contributed by atoms with Gasteiger partial charge in [0.15, 0.2) is 5.65 Å². The highest BCUT2D eigenvalue weighted by Gasteiger charge is 2.33. The molecule has 0 amide bonds. The van der Waals surface area contributed by atoms with Crippen LogP contribution in [0, 0.1) is 0 Å². The molecule has 0 saturated carbocycles. The molecule has 5 nitrogen and oxygen atoms in total. The second-order valence-corrected chi connectivity index (χ2v) is 5.03. The van der Waals surface area contributed by atoms with Crippen LogP contribution < -0.4 is 10.1 Å². The van der Waals surface area contributed by atoms with Crippen LogP contribution in [0.1, 0.15) is 26.1 Å². The number of ether oxygens (including phenoxy) is 1. The van der Waals surface area contributed by atoms with E-state index in [1.54, 1.807) is 0 Å². The van der Waals surface area contributed by atoms with Crippen molar-refractivity contribution < 1.29 is 4.74 Å². The van der Waals surface area contributed by atoms with E-state index in [0.717, 1.165) is 36.5 Å². The minimum absolute atomic E-state index is 0.0898. The van der Waals surface area contributed by atoms with E-state index in [9.17, 15) is 0 Å². The van der Waals surface area contributed by atoms with Crippen molar-refractivity contribution in [1.82, 2.24) is 20.3 Å². The largest absolute Gasteiger partial charge is 0.478 e. The van der Waals surface area contributed by atoms with Gasteiger partial charge in [-0.3, -0.25) is 0 Å². The molecule has 0 aliphatic carbocycles. The van der Waals surface area contributed by atoms with Crippen LogP contribution in [-0.4, -0.2) is 34.6 Å². The van der Waals surface area contributed by atoms with Crippen LogP contribution in [0.15, 0.2) is 12.1 Å². The number of hydrogen-bond donors (Lipinski definition) is 2. The van der Waals surface area contributed by atoms with Crippen LogP contribution in [-0.2, 0) is 5.41 Å². The predicted octanol–water partition coefficient (Wildman–Crippen LogP) is 1.61. The van der Waals surface area contributed by atoms with Crippen LogP contribution in [0.2, 0.25) is 0 Å². The van der Waals surface area contributed by atoms with Gasteiger partial charge in [-0.25, -0.2) is 4.98 Å². The Bertz CT molecular complexity index is 557. The fraction of sp³-hybridized carbons (Fsp3) is 0.538. The van der Waals surface area contributed by atoms with Gasteiger partial charge < -0.3 is 15.0 Å². The smallest absolute Gasteiger partial charge is 0.215 e. The standard InChI is InChI=1S/C13H18N4O/c1-3-18-10-5-4-9-11(16-10)17-12(15-9)13(2)6-7-14-8-13/h4-5,14H,3,6-8H2,1-2H3,(H,15,16,17). The summed E-state index contributed by atoms with van der Waals surface area (Å²) in [7, 11) is 0. The normalized spacial score (nSPS) is 23.7. The number of fused-ring (bicyclic) bond motifs is 1. The van der Waals surface area contributed by atoms with Gasteiger partial charge in [-0.1, -0.05) is 6.92 Å². The molecule has 3 rings (SSSR count). The summed E-state index contributed by atoms with van der Waals surface area (Å²) in [6.07, 6.45) is 1.10. The number of imidazole rings is 1. The summed E-state index contributed by atoms with van der Waals surface area (Å²) in [5, 5.41) is 3.38. The van der Waals surface area contributed by atoms with Crippen LogP contribution in [0.25, 0.3) is 11.2 Å². The molecule has 18 heavy (non-hydrogen) atoms. The van der Waals surface area contributed by atoms with Crippen molar-refractivity contribution in [2.45, 2.75) is 25.7 Å². The van der Waals surface area contributed by atoms with Gasteiger partial charge in [-0.05, 0) is 26.0 Å². The number of aromatic nitrogens is 3. The summed E-state index contributed by atoms with van der Waals surface area (Å²) in [4.78, 5) is 12.4. The van der Waals surface area contributed by atoms with Gasteiger partial charge in [-0.15, -0.1) is 0 Å². The van der Waals surface area contributed by atoms with Gasteiger partial charge in [0.05, 0.1) is 12.1 Å². The highest BCUT2D eigenvalue weighted by atomic mass is 16.5. The van der Waals surface area contributed by atoms with Crippen molar-refractivity contribution in [2.24, 2.45) is 0 Å². The zero-order valence-electron chi connectivity index (χ0n) is 10.8. The van der Waals surface area contributed by atoms with Gasteiger partial charge in [0.2, 0.25) is 5.88 Å². The van der Waals surface area contributed by atoms with E-state index in [-0.39, 0.29) is 5.41 Å². The Hall–Kier alpha value is -1.62. The molecule has 5 heteroatoms. The lowest BCUT2D eigenvalue weighted by Crippen LogP contribution is -2.26. The second-order valence-electron chi connectivity index (χ2n) is 5.03. The fourth-order valence-electron chi connectivity index (χ4n) is 2.41. The van der Waals surface area contributed by atoms with Gasteiger partial charge in [-0.2, -0.15) is 4.98 Å². The number of rotatable bonds is 3. The molecule has 1 aliphatic heterocycles. The first kappa shape index (κ1) is 11.5. The predicted molar refractivity (Wildman–Crippen MR) is 69.9 cm³/mol. The number of nitrogens with one attached hydrogen (secondary N) is 2. The Morgan fingerprint density at radius 3 is 3.00 bits per heavy atom. The quantitative estimate of drug-likeness (QED) is 0.863. The van der Waals surface area contributed by atoms with Crippen LogP contribution >= 0.6 is 0 Å². The van der Waals surface area contributed by atoms with Crippen molar-refractivity contribution in [3.63, 3.8) is 0 Å². The number of nitrogens with zero attached hydrogens (tertiary/aromatic N) is 2. The lowest BCUT2D eigenvalue weighted by atomic mass is 9.89. The number of aromatic amines is 1. The van der Waals surface area contributed by atoms with Gasteiger partial charge >= 0.3 is 0 Å². The zero-order chi connectivity index (χ0) is 12.6. The Balaban J connectivity index is 2.00. The Kier molecular flexibility index (Phi) is 2.70. The van der Waals surface area contributed by atoms with Crippen molar-refractivity contribution in [2.75, 3.05) is 19.7 Å². The molecule has 0 radical (unpaired) electrons. The molecular formula is C13H18N4O. The van der Waals surface area contributed by atoms with E-state index in [0.29, 0.717) is 12.5 Å². The SMILES string of the molecule is CCOc1ccc2[nH]c(C3(C)CCNC3)nc2n1. The third kappa shape index (κ3) is 1.84. The minimum Gasteiger partial charge on any atom is -0.478 e. The van der Waals surface area contributed by atoms with Gasteiger partial charge in [0, 0.05) is 18.0 Å². The summed E-state index contributed by atoms with van der Waals surface area (Å²) in [6, 6.07) is 3.86. The maximum Gasteiger partial charge on any atom is 0.215 e. The maximum absolute atomic E-state index is 5.40. The first-order valence-corrected chi connectivity index (χ1v) is 6.42. The molecule has 96 valence electrons. The fourth-order valence-corrected chi connectivity index (χ4v) is 2.41. The molecule has 0 bridgehead atoms. The van der Waals surface area contributed by atoms with E-state index in [1.807, 2.05) is 19.1 Å². The molecule has 2 aromatic rings. The molecule has 2 N–H and O–H groups in total. The Morgan fingerprint density at radius 2 is 2.28 bits per heavy atom.